The van der Waals surface area contributed by atoms with Crippen molar-refractivity contribution in [2.75, 3.05) is 13.6 Å². The summed E-state index contributed by atoms with van der Waals surface area (Å²) in [4.78, 5) is 13.5. The third-order valence-corrected chi connectivity index (χ3v) is 2.92. The summed E-state index contributed by atoms with van der Waals surface area (Å²) in [6.45, 7) is 0.789. The van der Waals surface area contributed by atoms with Crippen molar-refractivity contribution in [2.45, 2.75) is 18.9 Å². The Bertz CT molecular complexity index is 328. The predicted octanol–water partition coefficient (Wildman–Crippen LogP) is 1.09. The highest BCUT2D eigenvalue weighted by molar-refractivity contribution is 5.93. The van der Waals surface area contributed by atoms with Crippen LogP contribution in [0.4, 0.5) is 0 Å². The molecule has 1 aliphatic carbocycles. The standard InChI is InChI=1S/C11H16N2O2/c1-13(6-8-4-10(12)5-8)11(14)9-2-3-15-7-9/h2-3,7-8,10H,4-6,12H2,1H3. The van der Waals surface area contributed by atoms with E-state index in [-0.39, 0.29) is 5.91 Å². The lowest BCUT2D eigenvalue weighted by Gasteiger charge is -2.35. The van der Waals surface area contributed by atoms with Gasteiger partial charge in [-0.3, -0.25) is 4.79 Å². The van der Waals surface area contributed by atoms with E-state index >= 15 is 0 Å². The lowest BCUT2D eigenvalue weighted by molar-refractivity contribution is 0.0733. The van der Waals surface area contributed by atoms with Gasteiger partial charge in [0.25, 0.3) is 5.91 Å². The predicted molar refractivity (Wildman–Crippen MR) is 56.4 cm³/mol. The third kappa shape index (κ3) is 2.21. The summed E-state index contributed by atoms with van der Waals surface area (Å²) in [6.07, 6.45) is 5.05. The molecule has 1 aromatic heterocycles. The van der Waals surface area contributed by atoms with Gasteiger partial charge in [-0.25, -0.2) is 0 Å². The summed E-state index contributed by atoms with van der Waals surface area (Å²) in [6, 6.07) is 2.03. The molecule has 0 bridgehead atoms. The van der Waals surface area contributed by atoms with Gasteiger partial charge in [0.05, 0.1) is 11.8 Å². The Hall–Kier alpha value is -1.29. The van der Waals surface area contributed by atoms with Gasteiger partial charge in [-0.1, -0.05) is 0 Å². The first-order valence-electron chi connectivity index (χ1n) is 5.20. The molecule has 4 nitrogen and oxygen atoms in total. The third-order valence-electron chi connectivity index (χ3n) is 2.92. The van der Waals surface area contributed by atoms with Crippen molar-refractivity contribution in [1.82, 2.24) is 4.90 Å². The van der Waals surface area contributed by atoms with Crippen molar-refractivity contribution in [2.24, 2.45) is 11.7 Å². The maximum absolute atomic E-state index is 11.8. The molecule has 0 unspecified atom stereocenters. The number of rotatable bonds is 3. The number of nitrogens with two attached hydrogens (primary N) is 1. The second-order valence-electron chi connectivity index (χ2n) is 4.30. The molecule has 1 fully saturated rings. The van der Waals surface area contributed by atoms with E-state index in [0.717, 1.165) is 19.4 Å². The van der Waals surface area contributed by atoms with Crippen LogP contribution in [0.15, 0.2) is 23.0 Å². The van der Waals surface area contributed by atoms with Crippen molar-refractivity contribution >= 4 is 5.91 Å². The molecule has 0 spiro atoms. The second-order valence-corrected chi connectivity index (χ2v) is 4.30. The second kappa shape index (κ2) is 4.06. The number of hydrogen-bond acceptors (Lipinski definition) is 3. The van der Waals surface area contributed by atoms with Crippen LogP contribution >= 0.6 is 0 Å². The number of nitrogens with zero attached hydrogens (tertiary/aromatic N) is 1. The molecule has 0 aliphatic heterocycles. The van der Waals surface area contributed by atoms with Crippen LogP contribution in [0.25, 0.3) is 0 Å². The fourth-order valence-electron chi connectivity index (χ4n) is 2.01. The lowest BCUT2D eigenvalue weighted by Crippen LogP contribution is -2.43. The molecule has 1 heterocycles. The number of furan rings is 1. The number of carbonyl (C=O) groups excluding carboxylic acids is 1. The molecule has 82 valence electrons. The van der Waals surface area contributed by atoms with Crippen LogP contribution in [-0.4, -0.2) is 30.4 Å². The van der Waals surface area contributed by atoms with Gasteiger partial charge in [-0.05, 0) is 24.8 Å². The highest BCUT2D eigenvalue weighted by Crippen LogP contribution is 2.26. The Balaban J connectivity index is 1.86. The monoisotopic (exact) mass is 208 g/mol. The zero-order valence-electron chi connectivity index (χ0n) is 8.85. The van der Waals surface area contributed by atoms with Gasteiger partial charge in [0, 0.05) is 19.6 Å². The van der Waals surface area contributed by atoms with Crippen LogP contribution in [0.1, 0.15) is 23.2 Å². The number of carbonyl (C=O) groups is 1. The molecular weight excluding hydrogens is 192 g/mol. The van der Waals surface area contributed by atoms with Gasteiger partial charge in [0.15, 0.2) is 0 Å². The first kappa shape index (κ1) is 10.2. The summed E-state index contributed by atoms with van der Waals surface area (Å²) in [5.41, 5.74) is 6.31. The average molecular weight is 208 g/mol. The summed E-state index contributed by atoms with van der Waals surface area (Å²) < 4.78 is 4.88. The molecule has 1 amide bonds. The fourth-order valence-corrected chi connectivity index (χ4v) is 2.01. The van der Waals surface area contributed by atoms with Crippen LogP contribution in [0.2, 0.25) is 0 Å². The molecule has 0 saturated heterocycles. The van der Waals surface area contributed by atoms with Crippen LogP contribution < -0.4 is 5.73 Å². The first-order chi connectivity index (χ1) is 7.16. The molecule has 1 saturated carbocycles. The van der Waals surface area contributed by atoms with E-state index in [1.807, 2.05) is 7.05 Å². The summed E-state index contributed by atoms with van der Waals surface area (Å²) in [5, 5.41) is 0. The van der Waals surface area contributed by atoms with Crippen LogP contribution in [0.5, 0.6) is 0 Å². The van der Waals surface area contributed by atoms with Crippen molar-refractivity contribution in [3.8, 4) is 0 Å². The van der Waals surface area contributed by atoms with Gasteiger partial charge in [0.1, 0.15) is 6.26 Å². The highest BCUT2D eigenvalue weighted by atomic mass is 16.3. The molecule has 0 aromatic carbocycles. The van der Waals surface area contributed by atoms with Gasteiger partial charge in [0.2, 0.25) is 0 Å². The maximum Gasteiger partial charge on any atom is 0.256 e. The zero-order chi connectivity index (χ0) is 10.8. The van der Waals surface area contributed by atoms with E-state index in [4.69, 9.17) is 10.2 Å². The maximum atomic E-state index is 11.8. The van der Waals surface area contributed by atoms with Gasteiger partial charge >= 0.3 is 0 Å². The van der Waals surface area contributed by atoms with E-state index < -0.39 is 0 Å². The molecule has 1 aliphatic rings. The number of amides is 1. The first-order valence-corrected chi connectivity index (χ1v) is 5.20. The number of hydrogen-bond donors (Lipinski definition) is 1. The van der Waals surface area contributed by atoms with E-state index in [2.05, 4.69) is 0 Å². The van der Waals surface area contributed by atoms with Gasteiger partial charge in [-0.2, -0.15) is 0 Å². The fraction of sp³-hybridized carbons (Fsp3) is 0.545. The quantitative estimate of drug-likeness (QED) is 0.808. The van der Waals surface area contributed by atoms with Crippen LogP contribution in [0.3, 0.4) is 0 Å². The minimum atomic E-state index is 0.0178. The Labute approximate surface area is 89.0 Å². The Morgan fingerprint density at radius 2 is 2.40 bits per heavy atom. The summed E-state index contributed by atoms with van der Waals surface area (Å²) in [7, 11) is 1.82. The zero-order valence-corrected chi connectivity index (χ0v) is 8.85. The molecule has 2 N–H and O–H groups in total. The van der Waals surface area contributed by atoms with Crippen LogP contribution in [0, 0.1) is 5.92 Å². The molecule has 1 aromatic rings. The van der Waals surface area contributed by atoms with E-state index in [1.165, 1.54) is 12.5 Å². The van der Waals surface area contributed by atoms with E-state index in [9.17, 15) is 4.79 Å². The van der Waals surface area contributed by atoms with Gasteiger partial charge in [-0.15, -0.1) is 0 Å². The van der Waals surface area contributed by atoms with Crippen molar-refractivity contribution in [1.29, 1.82) is 0 Å². The Kier molecular flexibility index (Phi) is 2.77. The average Bonchev–Trinajstić information content (AvgIpc) is 2.66. The normalized spacial score (nSPS) is 24.7. The molecule has 15 heavy (non-hydrogen) atoms. The highest BCUT2D eigenvalue weighted by Gasteiger charge is 2.28. The summed E-state index contributed by atoms with van der Waals surface area (Å²) >= 11 is 0. The SMILES string of the molecule is CN(CC1CC(N)C1)C(=O)c1ccoc1. The lowest BCUT2D eigenvalue weighted by atomic mass is 9.80. The molecular formula is C11H16N2O2. The van der Waals surface area contributed by atoms with E-state index in [1.54, 1.807) is 11.0 Å². The largest absolute Gasteiger partial charge is 0.472 e. The molecule has 2 rings (SSSR count). The summed E-state index contributed by atoms with van der Waals surface area (Å²) in [5.74, 6) is 0.588. The minimum absolute atomic E-state index is 0.0178. The topological polar surface area (TPSA) is 59.5 Å². The smallest absolute Gasteiger partial charge is 0.256 e. The van der Waals surface area contributed by atoms with E-state index in [0.29, 0.717) is 17.5 Å². The molecule has 0 atom stereocenters. The molecule has 4 heteroatoms. The van der Waals surface area contributed by atoms with Crippen LogP contribution in [-0.2, 0) is 0 Å². The van der Waals surface area contributed by atoms with Gasteiger partial charge < -0.3 is 15.1 Å². The Morgan fingerprint density at radius 1 is 1.67 bits per heavy atom. The van der Waals surface area contributed by atoms with Crippen molar-refractivity contribution in [3.63, 3.8) is 0 Å². The Morgan fingerprint density at radius 3 is 2.93 bits per heavy atom. The minimum Gasteiger partial charge on any atom is -0.472 e. The van der Waals surface area contributed by atoms with Crippen molar-refractivity contribution in [3.05, 3.63) is 24.2 Å². The van der Waals surface area contributed by atoms with Crippen molar-refractivity contribution < 1.29 is 9.21 Å². The molecule has 0 radical (unpaired) electrons.